The number of hydrogen-bond donors (Lipinski definition) is 1. The summed E-state index contributed by atoms with van der Waals surface area (Å²) < 4.78 is 10.5. The van der Waals surface area contributed by atoms with Crippen LogP contribution < -0.4 is 10.1 Å². The highest BCUT2D eigenvalue weighted by Crippen LogP contribution is 2.25. The van der Waals surface area contributed by atoms with Crippen molar-refractivity contribution in [1.29, 1.82) is 0 Å². The molecule has 2 aromatic carbocycles. The number of furan rings is 1. The number of ether oxygens (including phenoxy) is 1. The minimum atomic E-state index is -0.225. The van der Waals surface area contributed by atoms with Crippen molar-refractivity contribution in [3.8, 4) is 5.75 Å². The molecule has 4 nitrogen and oxygen atoms in total. The number of nitrogens with one attached hydrogen (secondary N) is 1. The molecule has 0 saturated carbocycles. The van der Waals surface area contributed by atoms with Gasteiger partial charge < -0.3 is 14.5 Å². The van der Waals surface area contributed by atoms with Crippen LogP contribution in [-0.2, 0) is 11.3 Å². The molecule has 1 heterocycles. The van der Waals surface area contributed by atoms with Crippen LogP contribution in [0.4, 0.5) is 0 Å². The predicted octanol–water partition coefficient (Wildman–Crippen LogP) is 3.86. The molecule has 3 aromatic rings. The van der Waals surface area contributed by atoms with Crippen molar-refractivity contribution >= 4 is 16.7 Å². The molecule has 1 aromatic heterocycles. The maximum Gasteiger partial charge on any atom is 0.227 e. The van der Waals surface area contributed by atoms with Crippen LogP contribution in [0.25, 0.3) is 10.8 Å². The first-order valence-electron chi connectivity index (χ1n) is 7.55. The fraction of sp³-hybridized carbons (Fsp3) is 0.211. The Morgan fingerprint density at radius 2 is 1.96 bits per heavy atom. The van der Waals surface area contributed by atoms with Crippen molar-refractivity contribution in [2.24, 2.45) is 0 Å². The Kier molecular flexibility index (Phi) is 4.33. The van der Waals surface area contributed by atoms with Crippen LogP contribution in [-0.4, -0.2) is 13.0 Å². The first-order chi connectivity index (χ1) is 11.2. The number of hydrogen-bond acceptors (Lipinski definition) is 3. The van der Waals surface area contributed by atoms with Gasteiger partial charge in [0.15, 0.2) is 0 Å². The summed E-state index contributed by atoms with van der Waals surface area (Å²) >= 11 is 0. The molecule has 1 atom stereocenters. The quantitative estimate of drug-likeness (QED) is 0.778. The van der Waals surface area contributed by atoms with Gasteiger partial charge in [-0.2, -0.15) is 0 Å². The summed E-state index contributed by atoms with van der Waals surface area (Å²) in [5.41, 5.74) is 0.986. The number of carbonyl (C=O) groups is 1. The smallest absolute Gasteiger partial charge is 0.227 e. The summed E-state index contributed by atoms with van der Waals surface area (Å²) in [6.07, 6.45) is 1.60. The van der Waals surface area contributed by atoms with Gasteiger partial charge in [0, 0.05) is 0 Å². The molecular formula is C19H19NO3. The molecule has 0 aliphatic heterocycles. The van der Waals surface area contributed by atoms with E-state index in [4.69, 9.17) is 9.15 Å². The summed E-state index contributed by atoms with van der Waals surface area (Å²) in [6, 6.07) is 15.6. The Morgan fingerprint density at radius 1 is 1.17 bits per heavy atom. The lowest BCUT2D eigenvalue weighted by Gasteiger charge is -2.13. The van der Waals surface area contributed by atoms with Gasteiger partial charge in [-0.15, -0.1) is 0 Å². The van der Waals surface area contributed by atoms with Crippen molar-refractivity contribution < 1.29 is 13.9 Å². The zero-order valence-corrected chi connectivity index (χ0v) is 13.2. The van der Waals surface area contributed by atoms with Crippen molar-refractivity contribution in [2.45, 2.75) is 19.4 Å². The second kappa shape index (κ2) is 6.57. The highest BCUT2D eigenvalue weighted by atomic mass is 16.5. The van der Waals surface area contributed by atoms with Crippen LogP contribution in [0.2, 0.25) is 0 Å². The molecule has 0 spiro atoms. The van der Waals surface area contributed by atoms with Crippen molar-refractivity contribution in [3.63, 3.8) is 0 Å². The van der Waals surface area contributed by atoms with E-state index in [1.165, 1.54) is 0 Å². The molecule has 0 unspecified atom stereocenters. The summed E-state index contributed by atoms with van der Waals surface area (Å²) in [5, 5.41) is 5.08. The van der Waals surface area contributed by atoms with Crippen LogP contribution >= 0.6 is 0 Å². The average Bonchev–Trinajstić information content (AvgIpc) is 3.11. The number of rotatable bonds is 5. The molecule has 118 valence electrons. The molecular weight excluding hydrogens is 290 g/mol. The molecule has 1 N–H and O–H groups in total. The molecule has 0 aliphatic carbocycles. The molecule has 3 rings (SSSR count). The van der Waals surface area contributed by atoms with E-state index in [0.717, 1.165) is 27.8 Å². The largest absolute Gasteiger partial charge is 0.497 e. The topological polar surface area (TPSA) is 51.5 Å². The van der Waals surface area contributed by atoms with Gasteiger partial charge in [0.25, 0.3) is 0 Å². The monoisotopic (exact) mass is 309 g/mol. The zero-order valence-electron chi connectivity index (χ0n) is 13.2. The van der Waals surface area contributed by atoms with E-state index < -0.39 is 0 Å². The van der Waals surface area contributed by atoms with Gasteiger partial charge in [0.1, 0.15) is 11.5 Å². The molecule has 0 radical (unpaired) electrons. The molecule has 0 fully saturated rings. The SMILES string of the molecule is COc1ccc2cc([C@H](C)C(=O)NCc3ccco3)ccc2c1. The Labute approximate surface area is 135 Å². The fourth-order valence-electron chi connectivity index (χ4n) is 2.53. The molecule has 0 bridgehead atoms. The van der Waals surface area contributed by atoms with Gasteiger partial charge in [-0.05, 0) is 47.5 Å². The summed E-state index contributed by atoms with van der Waals surface area (Å²) in [5.74, 6) is 1.33. The highest BCUT2D eigenvalue weighted by Gasteiger charge is 2.15. The Balaban J connectivity index is 1.74. The Bertz CT molecular complexity index is 809. The summed E-state index contributed by atoms with van der Waals surface area (Å²) in [4.78, 5) is 12.3. The van der Waals surface area contributed by atoms with Gasteiger partial charge in [0.05, 0.1) is 25.8 Å². The third kappa shape index (κ3) is 3.37. The van der Waals surface area contributed by atoms with E-state index in [2.05, 4.69) is 5.32 Å². The minimum absolute atomic E-state index is 0.0192. The molecule has 1 amide bonds. The number of methoxy groups -OCH3 is 1. The van der Waals surface area contributed by atoms with E-state index in [1.807, 2.05) is 55.5 Å². The molecule has 0 saturated heterocycles. The van der Waals surface area contributed by atoms with Crippen LogP contribution in [0.1, 0.15) is 24.2 Å². The number of carbonyl (C=O) groups excluding carboxylic acids is 1. The first-order valence-corrected chi connectivity index (χ1v) is 7.55. The van der Waals surface area contributed by atoms with Gasteiger partial charge >= 0.3 is 0 Å². The second-order valence-corrected chi connectivity index (χ2v) is 5.49. The zero-order chi connectivity index (χ0) is 16.2. The standard InChI is InChI=1S/C19H19NO3/c1-13(19(21)20-12-18-4-3-9-23-18)14-5-6-16-11-17(22-2)8-7-15(16)10-14/h3-11,13H,12H2,1-2H3,(H,20,21)/t13-/m0/s1. The molecule has 0 aliphatic rings. The van der Waals surface area contributed by atoms with E-state index in [9.17, 15) is 4.79 Å². The maximum atomic E-state index is 12.3. The van der Waals surface area contributed by atoms with Crippen molar-refractivity contribution in [3.05, 3.63) is 66.1 Å². The predicted molar refractivity (Wildman–Crippen MR) is 89.5 cm³/mol. The van der Waals surface area contributed by atoms with E-state index in [-0.39, 0.29) is 11.8 Å². The van der Waals surface area contributed by atoms with Crippen LogP contribution in [0.5, 0.6) is 5.75 Å². The normalized spacial score (nSPS) is 12.1. The number of amides is 1. The third-order valence-electron chi connectivity index (χ3n) is 3.98. The second-order valence-electron chi connectivity index (χ2n) is 5.49. The lowest BCUT2D eigenvalue weighted by atomic mass is 9.97. The van der Waals surface area contributed by atoms with Crippen LogP contribution in [0.3, 0.4) is 0 Å². The molecule has 23 heavy (non-hydrogen) atoms. The lowest BCUT2D eigenvalue weighted by molar-refractivity contribution is -0.122. The van der Waals surface area contributed by atoms with Crippen LogP contribution in [0.15, 0.2) is 59.2 Å². The number of fused-ring (bicyclic) bond motifs is 1. The van der Waals surface area contributed by atoms with E-state index in [0.29, 0.717) is 6.54 Å². The van der Waals surface area contributed by atoms with Gasteiger partial charge in [-0.1, -0.05) is 24.3 Å². The van der Waals surface area contributed by atoms with Gasteiger partial charge in [-0.25, -0.2) is 0 Å². The van der Waals surface area contributed by atoms with E-state index in [1.54, 1.807) is 13.4 Å². The van der Waals surface area contributed by atoms with E-state index >= 15 is 0 Å². The lowest BCUT2D eigenvalue weighted by Crippen LogP contribution is -2.27. The van der Waals surface area contributed by atoms with Gasteiger partial charge in [-0.3, -0.25) is 4.79 Å². The Morgan fingerprint density at radius 3 is 2.70 bits per heavy atom. The fourth-order valence-corrected chi connectivity index (χ4v) is 2.53. The minimum Gasteiger partial charge on any atom is -0.497 e. The third-order valence-corrected chi connectivity index (χ3v) is 3.98. The Hall–Kier alpha value is -2.75. The van der Waals surface area contributed by atoms with Crippen molar-refractivity contribution in [2.75, 3.05) is 7.11 Å². The molecule has 4 heteroatoms. The number of benzene rings is 2. The summed E-state index contributed by atoms with van der Waals surface area (Å²) in [6.45, 7) is 2.31. The first kappa shape index (κ1) is 15.2. The maximum absolute atomic E-state index is 12.3. The highest BCUT2D eigenvalue weighted by molar-refractivity contribution is 5.88. The van der Waals surface area contributed by atoms with Crippen LogP contribution in [0, 0.1) is 0 Å². The van der Waals surface area contributed by atoms with Gasteiger partial charge in [0.2, 0.25) is 5.91 Å². The summed E-state index contributed by atoms with van der Waals surface area (Å²) in [7, 11) is 1.65. The van der Waals surface area contributed by atoms with Crippen molar-refractivity contribution in [1.82, 2.24) is 5.32 Å². The average molecular weight is 309 g/mol.